The summed E-state index contributed by atoms with van der Waals surface area (Å²) in [5.41, 5.74) is 0. The Morgan fingerprint density at radius 3 is 2.62 bits per heavy atom. The van der Waals surface area contributed by atoms with Crippen molar-refractivity contribution in [1.29, 1.82) is 0 Å². The first-order chi connectivity index (χ1) is 10.0. The Morgan fingerprint density at radius 1 is 1.24 bits per heavy atom. The maximum absolute atomic E-state index is 5.74. The predicted octanol–water partition coefficient (Wildman–Crippen LogP) is 0.830. The first kappa shape index (κ1) is 17.9. The third-order valence-corrected chi connectivity index (χ3v) is 2.89. The predicted molar refractivity (Wildman–Crippen MR) is 83.5 cm³/mol. The topological polar surface area (TPSA) is 66.7 Å². The summed E-state index contributed by atoms with van der Waals surface area (Å²) in [5.74, 6) is 1.15. The Labute approximate surface area is 127 Å². The van der Waals surface area contributed by atoms with Gasteiger partial charge in [-0.25, -0.2) is 0 Å². The number of likely N-dealkylation sites (N-methyl/N-ethyl adjacent to an activating group) is 1. The Kier molecular flexibility index (Phi) is 8.26. The van der Waals surface area contributed by atoms with Crippen LogP contribution in [-0.2, 0) is 11.3 Å². The molecule has 1 heterocycles. The van der Waals surface area contributed by atoms with Crippen molar-refractivity contribution in [1.82, 2.24) is 20.4 Å². The summed E-state index contributed by atoms with van der Waals surface area (Å²) >= 11 is 0. The molecule has 1 N–H and O–H groups in total. The quantitative estimate of drug-likeness (QED) is 0.607. The van der Waals surface area contributed by atoms with E-state index in [0.717, 1.165) is 26.2 Å². The minimum absolute atomic E-state index is 0.544. The minimum Gasteiger partial charge on any atom is -0.407 e. The van der Waals surface area contributed by atoms with Crippen molar-refractivity contribution >= 4 is 6.01 Å². The summed E-state index contributed by atoms with van der Waals surface area (Å²) in [7, 11) is 5.81. The van der Waals surface area contributed by atoms with Gasteiger partial charge in [0, 0.05) is 33.3 Å². The lowest BCUT2D eigenvalue weighted by Crippen LogP contribution is -2.34. The zero-order chi connectivity index (χ0) is 15.7. The number of nitrogens with one attached hydrogen (secondary N) is 1. The molecule has 0 radical (unpaired) electrons. The summed E-state index contributed by atoms with van der Waals surface area (Å²) in [4.78, 5) is 4.30. The molecule has 1 rings (SSSR count). The molecule has 21 heavy (non-hydrogen) atoms. The van der Waals surface area contributed by atoms with Gasteiger partial charge in [0.2, 0.25) is 5.89 Å². The lowest BCUT2D eigenvalue weighted by molar-refractivity contribution is 0.198. The highest BCUT2D eigenvalue weighted by molar-refractivity contribution is 5.24. The highest BCUT2D eigenvalue weighted by Crippen LogP contribution is 2.14. The van der Waals surface area contributed by atoms with Gasteiger partial charge in [-0.2, -0.15) is 0 Å². The van der Waals surface area contributed by atoms with Crippen LogP contribution in [0.2, 0.25) is 0 Å². The zero-order valence-electron chi connectivity index (χ0n) is 13.9. The Hall–Kier alpha value is -1.18. The van der Waals surface area contributed by atoms with Crippen molar-refractivity contribution in [3.8, 4) is 0 Å². The Bertz CT molecular complexity index is 381. The van der Waals surface area contributed by atoms with E-state index in [2.05, 4.69) is 53.3 Å². The molecular weight excluding hydrogens is 270 g/mol. The highest BCUT2D eigenvalue weighted by atomic mass is 16.5. The molecule has 1 aromatic heterocycles. The van der Waals surface area contributed by atoms with Crippen molar-refractivity contribution in [2.45, 2.75) is 20.4 Å². The van der Waals surface area contributed by atoms with Crippen LogP contribution in [0.3, 0.4) is 0 Å². The van der Waals surface area contributed by atoms with E-state index in [-0.39, 0.29) is 0 Å². The van der Waals surface area contributed by atoms with E-state index >= 15 is 0 Å². The van der Waals surface area contributed by atoms with Gasteiger partial charge in [0.1, 0.15) is 0 Å². The monoisotopic (exact) mass is 299 g/mol. The molecule has 0 fully saturated rings. The molecule has 0 spiro atoms. The van der Waals surface area contributed by atoms with E-state index in [1.54, 1.807) is 7.11 Å². The van der Waals surface area contributed by atoms with Crippen LogP contribution in [0.15, 0.2) is 4.42 Å². The molecule has 0 aromatic carbocycles. The fourth-order valence-corrected chi connectivity index (χ4v) is 1.84. The van der Waals surface area contributed by atoms with Crippen molar-refractivity contribution < 1.29 is 9.15 Å². The van der Waals surface area contributed by atoms with Gasteiger partial charge in [-0.3, -0.25) is 0 Å². The number of nitrogens with zero attached hydrogens (tertiary/aromatic N) is 4. The third kappa shape index (κ3) is 7.40. The third-order valence-electron chi connectivity index (χ3n) is 2.89. The average molecular weight is 299 g/mol. The van der Waals surface area contributed by atoms with Gasteiger partial charge in [0.25, 0.3) is 0 Å². The van der Waals surface area contributed by atoms with Gasteiger partial charge >= 0.3 is 6.01 Å². The second-order valence-corrected chi connectivity index (χ2v) is 5.79. The van der Waals surface area contributed by atoms with Crippen LogP contribution in [0.1, 0.15) is 19.7 Å². The van der Waals surface area contributed by atoms with Crippen LogP contribution in [0.25, 0.3) is 0 Å². The Morgan fingerprint density at radius 2 is 2.00 bits per heavy atom. The summed E-state index contributed by atoms with van der Waals surface area (Å²) < 4.78 is 10.7. The van der Waals surface area contributed by atoms with E-state index in [4.69, 9.17) is 9.15 Å². The largest absolute Gasteiger partial charge is 0.407 e. The molecule has 7 heteroatoms. The van der Waals surface area contributed by atoms with E-state index in [1.165, 1.54) is 0 Å². The fraction of sp³-hybridized carbons (Fsp3) is 0.857. The van der Waals surface area contributed by atoms with Crippen LogP contribution in [-0.4, -0.2) is 69.1 Å². The van der Waals surface area contributed by atoms with E-state index in [0.29, 0.717) is 31.0 Å². The lowest BCUT2D eigenvalue weighted by atomic mass is 10.2. The number of rotatable bonds is 11. The smallest absolute Gasteiger partial charge is 0.318 e. The lowest BCUT2D eigenvalue weighted by Gasteiger charge is -2.23. The van der Waals surface area contributed by atoms with Crippen molar-refractivity contribution in [3.63, 3.8) is 0 Å². The first-order valence-corrected chi connectivity index (χ1v) is 7.44. The molecular formula is C14H29N5O2. The highest BCUT2D eigenvalue weighted by Gasteiger charge is 2.15. The van der Waals surface area contributed by atoms with Crippen LogP contribution in [0, 0.1) is 5.92 Å². The van der Waals surface area contributed by atoms with Gasteiger partial charge in [0.05, 0.1) is 13.2 Å². The van der Waals surface area contributed by atoms with Gasteiger partial charge < -0.3 is 24.3 Å². The van der Waals surface area contributed by atoms with Gasteiger partial charge in [-0.15, -0.1) is 5.10 Å². The SMILES string of the molecule is COCCNCc1nnc(N(CCN(C)C)CC(C)C)o1. The maximum atomic E-state index is 5.74. The number of anilines is 1. The van der Waals surface area contributed by atoms with Crippen molar-refractivity contribution in [2.24, 2.45) is 5.92 Å². The maximum Gasteiger partial charge on any atom is 0.318 e. The summed E-state index contributed by atoms with van der Waals surface area (Å²) in [5, 5.41) is 11.5. The van der Waals surface area contributed by atoms with Gasteiger partial charge in [-0.05, 0) is 20.0 Å². The summed E-state index contributed by atoms with van der Waals surface area (Å²) in [6.45, 7) is 9.12. The van der Waals surface area contributed by atoms with E-state index < -0.39 is 0 Å². The molecule has 0 saturated heterocycles. The summed E-state index contributed by atoms with van der Waals surface area (Å²) in [6.07, 6.45) is 0. The summed E-state index contributed by atoms with van der Waals surface area (Å²) in [6, 6.07) is 0.606. The average Bonchev–Trinajstić information content (AvgIpc) is 2.88. The standard InChI is InChI=1S/C14H29N5O2/c1-12(2)11-19(8-7-18(3)4)14-17-16-13(21-14)10-15-6-9-20-5/h12,15H,6-11H2,1-5H3. The molecule has 0 atom stereocenters. The normalized spacial score (nSPS) is 11.6. The van der Waals surface area contributed by atoms with Crippen molar-refractivity contribution in [3.05, 3.63) is 5.89 Å². The first-order valence-electron chi connectivity index (χ1n) is 7.44. The number of hydrogen-bond acceptors (Lipinski definition) is 7. The van der Waals surface area contributed by atoms with Crippen LogP contribution < -0.4 is 10.2 Å². The molecule has 1 aromatic rings. The number of aromatic nitrogens is 2. The van der Waals surface area contributed by atoms with E-state index in [1.807, 2.05) is 0 Å². The molecule has 0 saturated carbocycles. The fourth-order valence-electron chi connectivity index (χ4n) is 1.84. The molecule has 0 aliphatic rings. The molecule has 0 bridgehead atoms. The number of hydrogen-bond donors (Lipinski definition) is 1. The van der Waals surface area contributed by atoms with Crippen LogP contribution in [0.5, 0.6) is 0 Å². The minimum atomic E-state index is 0.544. The molecule has 0 aliphatic carbocycles. The molecule has 0 aliphatic heterocycles. The molecule has 0 unspecified atom stereocenters. The second kappa shape index (κ2) is 9.70. The molecule has 0 amide bonds. The van der Waals surface area contributed by atoms with Crippen LogP contribution >= 0.6 is 0 Å². The zero-order valence-corrected chi connectivity index (χ0v) is 13.9. The number of methoxy groups -OCH3 is 1. The Balaban J connectivity index is 2.54. The van der Waals surface area contributed by atoms with E-state index in [9.17, 15) is 0 Å². The second-order valence-electron chi connectivity index (χ2n) is 5.79. The van der Waals surface area contributed by atoms with Gasteiger partial charge in [0.15, 0.2) is 0 Å². The molecule has 122 valence electrons. The van der Waals surface area contributed by atoms with Crippen LogP contribution in [0.4, 0.5) is 6.01 Å². The number of ether oxygens (including phenoxy) is 1. The molecule has 7 nitrogen and oxygen atoms in total. The van der Waals surface area contributed by atoms with Gasteiger partial charge in [-0.1, -0.05) is 18.9 Å². The van der Waals surface area contributed by atoms with Crippen molar-refractivity contribution in [2.75, 3.05) is 58.9 Å².